The predicted molar refractivity (Wildman–Crippen MR) is 72.3 cm³/mol. The van der Waals surface area contributed by atoms with Crippen molar-refractivity contribution in [2.45, 2.75) is 19.8 Å². The van der Waals surface area contributed by atoms with Crippen LogP contribution in [0.25, 0.3) is 0 Å². The summed E-state index contributed by atoms with van der Waals surface area (Å²) in [4.78, 5) is 13.2. The van der Waals surface area contributed by atoms with Gasteiger partial charge >= 0.3 is 5.97 Å². The predicted octanol–water partition coefficient (Wildman–Crippen LogP) is 2.26. The van der Waals surface area contributed by atoms with Gasteiger partial charge in [0.15, 0.2) is 0 Å². The highest BCUT2D eigenvalue weighted by Crippen LogP contribution is 2.28. The van der Waals surface area contributed by atoms with Gasteiger partial charge in [0, 0.05) is 13.6 Å². The van der Waals surface area contributed by atoms with E-state index >= 15 is 0 Å². The molecule has 0 spiro atoms. The van der Waals surface area contributed by atoms with E-state index in [1.54, 1.807) is 7.11 Å². The van der Waals surface area contributed by atoms with Crippen molar-refractivity contribution in [3.63, 3.8) is 0 Å². The fourth-order valence-electron chi connectivity index (χ4n) is 1.74. The zero-order valence-electron chi connectivity index (χ0n) is 11.5. The van der Waals surface area contributed by atoms with Crippen molar-refractivity contribution in [2.24, 2.45) is 0 Å². The second-order valence-electron chi connectivity index (χ2n) is 4.11. The van der Waals surface area contributed by atoms with Crippen molar-refractivity contribution in [3.8, 4) is 5.75 Å². The number of hydrogen-bond acceptors (Lipinski definition) is 4. The molecule has 0 bridgehead atoms. The van der Waals surface area contributed by atoms with E-state index in [1.807, 2.05) is 18.0 Å². The number of benzene rings is 1. The Labute approximate surface area is 108 Å². The van der Waals surface area contributed by atoms with E-state index in [0.717, 1.165) is 17.9 Å². The summed E-state index contributed by atoms with van der Waals surface area (Å²) in [7, 11) is 5.00. The van der Waals surface area contributed by atoms with Crippen molar-refractivity contribution < 1.29 is 14.3 Å². The molecule has 0 amide bonds. The third-order valence-electron chi connectivity index (χ3n) is 2.94. The minimum absolute atomic E-state index is 0.201. The molecule has 1 aromatic carbocycles. The molecule has 100 valence electrons. The van der Waals surface area contributed by atoms with Crippen molar-refractivity contribution in [1.82, 2.24) is 0 Å². The average Bonchev–Trinajstić information content (AvgIpc) is 2.43. The number of ether oxygens (including phenoxy) is 2. The van der Waals surface area contributed by atoms with Gasteiger partial charge < -0.3 is 14.4 Å². The molecule has 1 aromatic rings. The second kappa shape index (κ2) is 6.89. The Hall–Kier alpha value is -1.71. The zero-order chi connectivity index (χ0) is 13.5. The molecule has 0 radical (unpaired) electrons. The molecule has 1 rings (SSSR count). The van der Waals surface area contributed by atoms with Crippen LogP contribution in [0, 0.1) is 0 Å². The first-order valence-corrected chi connectivity index (χ1v) is 6.07. The minimum atomic E-state index is -0.201. The Bertz CT molecular complexity index is 404. The molecule has 0 saturated carbocycles. The molecule has 0 unspecified atom stereocenters. The number of rotatable bonds is 6. The number of anilines is 1. The lowest BCUT2D eigenvalue weighted by Crippen LogP contribution is -2.22. The van der Waals surface area contributed by atoms with E-state index in [2.05, 4.69) is 23.8 Å². The maximum Gasteiger partial charge on any atom is 0.307 e. The van der Waals surface area contributed by atoms with E-state index in [-0.39, 0.29) is 5.97 Å². The Kier molecular flexibility index (Phi) is 5.49. The molecule has 0 aliphatic heterocycles. The highest BCUT2D eigenvalue weighted by Gasteiger charge is 2.10. The van der Waals surface area contributed by atoms with Crippen LogP contribution in [0.2, 0.25) is 0 Å². The van der Waals surface area contributed by atoms with Gasteiger partial charge in [0.1, 0.15) is 5.75 Å². The SMILES string of the molecule is CCc1ccc(OC)c(N(C)CCC(=O)OC)c1. The topological polar surface area (TPSA) is 38.8 Å². The molecule has 0 heterocycles. The maximum atomic E-state index is 11.1. The summed E-state index contributed by atoms with van der Waals surface area (Å²) in [5.74, 6) is 0.618. The number of esters is 1. The average molecular weight is 251 g/mol. The Balaban J connectivity index is 2.82. The summed E-state index contributed by atoms with van der Waals surface area (Å²) >= 11 is 0. The first-order chi connectivity index (χ1) is 8.62. The monoisotopic (exact) mass is 251 g/mol. The summed E-state index contributed by atoms with van der Waals surface area (Å²) in [5.41, 5.74) is 2.25. The lowest BCUT2D eigenvalue weighted by molar-refractivity contribution is -0.140. The highest BCUT2D eigenvalue weighted by atomic mass is 16.5. The molecular weight excluding hydrogens is 230 g/mol. The first-order valence-electron chi connectivity index (χ1n) is 6.07. The summed E-state index contributed by atoms with van der Waals surface area (Å²) in [6, 6.07) is 6.11. The number of carbonyl (C=O) groups is 1. The van der Waals surface area contributed by atoms with Gasteiger partial charge in [0.2, 0.25) is 0 Å². The Morgan fingerprint density at radius 1 is 1.33 bits per heavy atom. The molecule has 0 fully saturated rings. The maximum absolute atomic E-state index is 11.1. The molecule has 0 atom stereocenters. The molecule has 0 aromatic heterocycles. The lowest BCUT2D eigenvalue weighted by atomic mass is 10.1. The quantitative estimate of drug-likeness (QED) is 0.727. The Morgan fingerprint density at radius 3 is 2.61 bits per heavy atom. The van der Waals surface area contributed by atoms with Crippen LogP contribution in [0.1, 0.15) is 18.9 Å². The third-order valence-corrected chi connectivity index (χ3v) is 2.94. The normalized spacial score (nSPS) is 10.0. The van der Waals surface area contributed by atoms with E-state index in [4.69, 9.17) is 4.74 Å². The van der Waals surface area contributed by atoms with Crippen LogP contribution in [-0.4, -0.2) is 33.8 Å². The van der Waals surface area contributed by atoms with E-state index in [9.17, 15) is 4.79 Å². The van der Waals surface area contributed by atoms with Crippen LogP contribution in [0.5, 0.6) is 5.75 Å². The van der Waals surface area contributed by atoms with E-state index in [0.29, 0.717) is 13.0 Å². The summed E-state index contributed by atoms with van der Waals surface area (Å²) in [6.07, 6.45) is 1.34. The van der Waals surface area contributed by atoms with Crippen molar-refractivity contribution in [1.29, 1.82) is 0 Å². The zero-order valence-corrected chi connectivity index (χ0v) is 11.5. The van der Waals surface area contributed by atoms with Gasteiger partial charge in [0.25, 0.3) is 0 Å². The van der Waals surface area contributed by atoms with Gasteiger partial charge in [-0.15, -0.1) is 0 Å². The number of hydrogen-bond donors (Lipinski definition) is 0. The van der Waals surface area contributed by atoms with Crippen LogP contribution in [0.4, 0.5) is 5.69 Å². The van der Waals surface area contributed by atoms with Crippen LogP contribution in [0.3, 0.4) is 0 Å². The standard InChI is InChI=1S/C14H21NO3/c1-5-11-6-7-13(17-3)12(10-11)15(2)9-8-14(16)18-4/h6-7,10H,5,8-9H2,1-4H3. The van der Waals surface area contributed by atoms with E-state index < -0.39 is 0 Å². The minimum Gasteiger partial charge on any atom is -0.495 e. The first kappa shape index (κ1) is 14.4. The number of nitrogens with zero attached hydrogens (tertiary/aromatic N) is 1. The summed E-state index contributed by atoms with van der Waals surface area (Å²) < 4.78 is 9.98. The smallest absolute Gasteiger partial charge is 0.307 e. The molecular formula is C14H21NO3. The van der Waals surface area contributed by atoms with Gasteiger partial charge in [-0.2, -0.15) is 0 Å². The van der Waals surface area contributed by atoms with Crippen LogP contribution in [0.15, 0.2) is 18.2 Å². The molecule has 0 N–H and O–H groups in total. The number of aryl methyl sites for hydroxylation is 1. The third kappa shape index (κ3) is 3.65. The Morgan fingerprint density at radius 2 is 2.06 bits per heavy atom. The van der Waals surface area contributed by atoms with Gasteiger partial charge in [0.05, 0.1) is 26.3 Å². The van der Waals surface area contributed by atoms with Crippen molar-refractivity contribution in [3.05, 3.63) is 23.8 Å². The van der Waals surface area contributed by atoms with Crippen molar-refractivity contribution >= 4 is 11.7 Å². The molecule has 18 heavy (non-hydrogen) atoms. The van der Waals surface area contributed by atoms with Gasteiger partial charge in [-0.1, -0.05) is 13.0 Å². The second-order valence-corrected chi connectivity index (χ2v) is 4.11. The highest BCUT2D eigenvalue weighted by molar-refractivity contribution is 5.70. The lowest BCUT2D eigenvalue weighted by Gasteiger charge is -2.22. The molecule has 4 heteroatoms. The molecule has 0 saturated heterocycles. The summed E-state index contributed by atoms with van der Waals surface area (Å²) in [6.45, 7) is 2.72. The summed E-state index contributed by atoms with van der Waals surface area (Å²) in [5, 5.41) is 0. The fourth-order valence-corrected chi connectivity index (χ4v) is 1.74. The number of carbonyl (C=O) groups excluding carboxylic acids is 1. The molecule has 0 aliphatic carbocycles. The number of methoxy groups -OCH3 is 2. The van der Waals surface area contributed by atoms with Crippen LogP contribution >= 0.6 is 0 Å². The fraction of sp³-hybridized carbons (Fsp3) is 0.500. The van der Waals surface area contributed by atoms with E-state index in [1.165, 1.54) is 12.7 Å². The van der Waals surface area contributed by atoms with Gasteiger partial charge in [-0.3, -0.25) is 4.79 Å². The van der Waals surface area contributed by atoms with Crippen LogP contribution < -0.4 is 9.64 Å². The van der Waals surface area contributed by atoms with Crippen LogP contribution in [-0.2, 0) is 16.0 Å². The largest absolute Gasteiger partial charge is 0.495 e. The molecule has 0 aliphatic rings. The van der Waals surface area contributed by atoms with Gasteiger partial charge in [-0.05, 0) is 24.1 Å². The molecule has 4 nitrogen and oxygen atoms in total. The van der Waals surface area contributed by atoms with Gasteiger partial charge in [-0.25, -0.2) is 0 Å². The van der Waals surface area contributed by atoms with Crippen molar-refractivity contribution in [2.75, 3.05) is 32.7 Å².